The van der Waals surface area contributed by atoms with Crippen molar-refractivity contribution in [1.82, 2.24) is 18.7 Å². The third-order valence-electron chi connectivity index (χ3n) is 8.92. The summed E-state index contributed by atoms with van der Waals surface area (Å²) in [4.78, 5) is 4.66. The fourth-order valence-corrected chi connectivity index (χ4v) is 7.80. The van der Waals surface area contributed by atoms with E-state index < -0.39 is 0 Å². The normalized spacial score (nSPS) is 11.8. The molecule has 0 spiro atoms. The van der Waals surface area contributed by atoms with Crippen molar-refractivity contribution >= 4 is 32.8 Å². The van der Waals surface area contributed by atoms with Gasteiger partial charge < -0.3 is 0 Å². The van der Waals surface area contributed by atoms with Crippen molar-refractivity contribution in [3.63, 3.8) is 0 Å². The summed E-state index contributed by atoms with van der Waals surface area (Å²) in [6.07, 6.45) is 1.82. The molecule has 8 rings (SSSR count). The first-order valence-corrected chi connectivity index (χ1v) is 17.4. The van der Waals surface area contributed by atoms with Gasteiger partial charge in [-0.15, -0.1) is 0 Å². The van der Waals surface area contributed by atoms with Crippen LogP contribution in [0, 0.1) is 15.9 Å². The fraction of sp³-hybridized carbons (Fsp3) is 0.143. The Hall–Kier alpha value is -4.99. The zero-order valence-electron chi connectivity index (χ0n) is 27.2. The number of benzene rings is 5. The molecule has 0 bridgehead atoms. The van der Waals surface area contributed by atoms with Crippen LogP contribution < -0.4 is 4.74 Å². The molecule has 0 N–H and O–H groups in total. The summed E-state index contributed by atoms with van der Waals surface area (Å²) >= 11 is 2.47. The van der Waals surface area contributed by atoms with Crippen LogP contribution in [0.25, 0.3) is 50.0 Å². The van der Waals surface area contributed by atoms with Crippen molar-refractivity contribution in [3.8, 4) is 28.7 Å². The number of imidazole rings is 1. The van der Waals surface area contributed by atoms with Crippen molar-refractivity contribution in [1.29, 1.82) is 0 Å². The minimum atomic E-state index is 0.373. The first kappa shape index (κ1) is 30.3. The van der Waals surface area contributed by atoms with Crippen LogP contribution >= 0.6 is 0 Å². The maximum atomic E-state index is 6.51. The molecule has 0 amide bonds. The molecule has 48 heavy (non-hydrogen) atoms. The molecule has 8 aromatic rings. The molecular weight excluding hydrogens is 772 g/mol. The monoisotopic (exact) mass is 805 g/mol. The molecule has 3 heterocycles. The van der Waals surface area contributed by atoms with E-state index in [1.165, 1.54) is 16.8 Å². The Kier molecular flexibility index (Phi) is 7.73. The van der Waals surface area contributed by atoms with Crippen LogP contribution in [-0.4, -0.2) is 18.7 Å². The van der Waals surface area contributed by atoms with E-state index in [2.05, 4.69) is 157 Å². The van der Waals surface area contributed by atoms with Gasteiger partial charge in [-0.25, -0.2) is 0 Å². The van der Waals surface area contributed by atoms with Crippen LogP contribution in [0.5, 0.6) is 11.5 Å². The van der Waals surface area contributed by atoms with Gasteiger partial charge in [-0.05, 0) is 6.07 Å². The van der Waals surface area contributed by atoms with Crippen molar-refractivity contribution in [2.45, 2.75) is 39.5 Å². The van der Waals surface area contributed by atoms with Gasteiger partial charge in [0, 0.05) is 6.20 Å². The molecule has 0 radical (unpaired) electrons. The van der Waals surface area contributed by atoms with Crippen molar-refractivity contribution in [2.24, 2.45) is 0 Å². The SMILES string of the molecule is CC(C)c1cccc(C(C)C)c1-n1[c](=[Pt])n(-c2[c-]c(Oc3[c-]c4c(cc3)c3ccccc3n4-c3ccccn3)ccc2)c2ccccc21. The van der Waals surface area contributed by atoms with Crippen molar-refractivity contribution < 1.29 is 24.1 Å². The molecule has 0 atom stereocenters. The predicted octanol–water partition coefficient (Wildman–Crippen LogP) is 10.6. The van der Waals surface area contributed by atoms with Gasteiger partial charge in [0.15, 0.2) is 0 Å². The summed E-state index contributed by atoms with van der Waals surface area (Å²) in [5.41, 5.74) is 9.10. The number of aromatic nitrogens is 4. The molecular formula is C42H34N4OPt-2. The number of para-hydroxylation sites is 4. The summed E-state index contributed by atoms with van der Waals surface area (Å²) in [5.74, 6) is 2.82. The topological polar surface area (TPSA) is 36.9 Å². The van der Waals surface area contributed by atoms with E-state index in [-0.39, 0.29) is 0 Å². The molecule has 3 aromatic heterocycles. The minimum absolute atomic E-state index is 0.373. The van der Waals surface area contributed by atoms with Gasteiger partial charge in [-0.1, -0.05) is 18.2 Å². The summed E-state index contributed by atoms with van der Waals surface area (Å²) in [7, 11) is 0. The molecule has 0 aliphatic heterocycles. The zero-order valence-corrected chi connectivity index (χ0v) is 29.5. The second kappa shape index (κ2) is 12.2. The van der Waals surface area contributed by atoms with Gasteiger partial charge >= 0.3 is 262 Å². The number of ether oxygens (including phenoxy) is 1. The molecule has 5 nitrogen and oxygen atoms in total. The summed E-state index contributed by atoms with van der Waals surface area (Å²) in [6, 6.07) is 47.0. The van der Waals surface area contributed by atoms with Crippen LogP contribution in [0.3, 0.4) is 0 Å². The van der Waals surface area contributed by atoms with Crippen molar-refractivity contribution in [2.75, 3.05) is 0 Å². The Morgan fingerprint density at radius 1 is 0.583 bits per heavy atom. The molecule has 6 heteroatoms. The molecule has 0 aliphatic rings. The van der Waals surface area contributed by atoms with Gasteiger partial charge in [-0.2, -0.15) is 0 Å². The Bertz CT molecular complexity index is 2490. The number of fused-ring (bicyclic) bond motifs is 4. The Balaban J connectivity index is 1.25. The first-order chi connectivity index (χ1) is 23.4. The Morgan fingerprint density at radius 2 is 1.23 bits per heavy atom. The standard InChI is InChI=1S/C42H34N4O.Pt/c1-28(2)33-16-12-17-34(29(3)4)42(33)45-27-44(38-19-7-8-20-39(38)45)30-13-11-14-31(25-30)47-32-22-23-36-35-15-5-6-18-37(35)46(40(36)26-32)41-21-9-10-24-43-41;/h5-24,28-29H,1-4H3;/q-2;. The molecule has 240 valence electrons. The quantitative estimate of drug-likeness (QED) is 0.151. The second-order valence-electron chi connectivity index (χ2n) is 12.6. The maximum absolute atomic E-state index is 6.51. The van der Waals surface area contributed by atoms with Gasteiger partial charge in [0.2, 0.25) is 0 Å². The molecule has 0 saturated heterocycles. The van der Waals surface area contributed by atoms with Crippen LogP contribution in [0.4, 0.5) is 0 Å². The number of nitrogens with zero attached hydrogens (tertiary/aromatic N) is 4. The van der Waals surface area contributed by atoms with E-state index in [1.54, 1.807) is 0 Å². The Labute approximate surface area is 291 Å². The molecule has 5 aromatic carbocycles. The third-order valence-corrected chi connectivity index (χ3v) is 9.94. The molecule has 0 fully saturated rings. The van der Waals surface area contributed by atoms with E-state index in [1.807, 2.05) is 42.6 Å². The number of hydrogen-bond acceptors (Lipinski definition) is 2. The van der Waals surface area contributed by atoms with E-state index in [9.17, 15) is 0 Å². The van der Waals surface area contributed by atoms with Gasteiger partial charge in [0.25, 0.3) is 0 Å². The predicted molar refractivity (Wildman–Crippen MR) is 190 cm³/mol. The average molecular weight is 806 g/mol. The van der Waals surface area contributed by atoms with Crippen LogP contribution in [0.15, 0.2) is 121 Å². The van der Waals surface area contributed by atoms with Gasteiger partial charge in [0.1, 0.15) is 0 Å². The Morgan fingerprint density at radius 3 is 1.94 bits per heavy atom. The van der Waals surface area contributed by atoms with Gasteiger partial charge in [-0.3, -0.25) is 0 Å². The third kappa shape index (κ3) is 5.05. The van der Waals surface area contributed by atoms with Crippen molar-refractivity contribution in [3.05, 3.63) is 149 Å². The molecule has 0 unspecified atom stereocenters. The van der Waals surface area contributed by atoms with E-state index in [0.29, 0.717) is 23.3 Å². The fourth-order valence-electron chi connectivity index (χ4n) is 6.73. The van der Waals surface area contributed by atoms with E-state index >= 15 is 0 Å². The number of hydrogen-bond donors (Lipinski definition) is 0. The van der Waals surface area contributed by atoms with E-state index in [4.69, 9.17) is 4.74 Å². The van der Waals surface area contributed by atoms with E-state index in [0.717, 1.165) is 48.1 Å². The van der Waals surface area contributed by atoms with Crippen LogP contribution in [-0.2, 0) is 19.4 Å². The average Bonchev–Trinajstić information content (AvgIpc) is 3.59. The summed E-state index contributed by atoms with van der Waals surface area (Å²) < 4.78 is 14.4. The summed E-state index contributed by atoms with van der Waals surface area (Å²) in [5, 5.41) is 2.25. The number of pyridine rings is 1. The molecule has 0 aliphatic carbocycles. The number of rotatable bonds is 7. The van der Waals surface area contributed by atoms with Gasteiger partial charge in [0.05, 0.1) is 0 Å². The van der Waals surface area contributed by atoms with Crippen LogP contribution in [0.1, 0.15) is 50.7 Å². The molecule has 0 saturated carbocycles. The van der Waals surface area contributed by atoms with Crippen LogP contribution in [0.2, 0.25) is 0 Å². The summed E-state index contributed by atoms with van der Waals surface area (Å²) in [6.45, 7) is 9.09. The first-order valence-electron chi connectivity index (χ1n) is 16.3. The second-order valence-corrected chi connectivity index (χ2v) is 13.6. The zero-order chi connectivity index (χ0) is 32.9.